The number of hydrogen-bond acceptors (Lipinski definition) is 3. The van der Waals surface area contributed by atoms with Crippen LogP contribution in [0.1, 0.15) is 20.8 Å². The predicted octanol–water partition coefficient (Wildman–Crippen LogP) is 1.51. The van der Waals surface area contributed by atoms with E-state index in [2.05, 4.69) is 30.7 Å². The summed E-state index contributed by atoms with van der Waals surface area (Å²) in [5.41, 5.74) is -0.257. The molecule has 1 aromatic heterocycles. The van der Waals surface area contributed by atoms with Gasteiger partial charge < -0.3 is 4.90 Å². The van der Waals surface area contributed by atoms with Gasteiger partial charge in [-0.2, -0.15) is 4.98 Å². The van der Waals surface area contributed by atoms with Crippen LogP contribution in [0.4, 0.5) is 5.82 Å². The van der Waals surface area contributed by atoms with Gasteiger partial charge in [0.15, 0.2) is 0 Å². The molecule has 4 nitrogen and oxygen atoms in total. The molecule has 0 bridgehead atoms. The Kier molecular flexibility index (Phi) is 2.46. The quantitative estimate of drug-likeness (QED) is 0.683. The van der Waals surface area contributed by atoms with Crippen molar-refractivity contribution in [3.05, 3.63) is 21.7 Å². The summed E-state index contributed by atoms with van der Waals surface area (Å²) in [5.74, 6) is 0.877. The third-order valence-electron chi connectivity index (χ3n) is 2.70. The third-order valence-corrected chi connectivity index (χ3v) is 2.89. The second kappa shape index (κ2) is 3.52. The molecule has 1 aliphatic heterocycles. The Hall–Kier alpha value is -1.03. The third kappa shape index (κ3) is 1.63. The monoisotopic (exact) mass is 227 g/mol. The highest BCUT2D eigenvalue weighted by Gasteiger charge is 2.29. The Morgan fingerprint density at radius 2 is 2.27 bits per heavy atom. The Labute approximate surface area is 93.5 Å². The largest absolute Gasteiger partial charge is 0.351 e. The first-order chi connectivity index (χ1) is 7.00. The molecular weight excluding hydrogens is 214 g/mol. The molecule has 0 spiro atoms. The Morgan fingerprint density at radius 1 is 1.60 bits per heavy atom. The van der Waals surface area contributed by atoms with Gasteiger partial charge in [0, 0.05) is 24.7 Å². The summed E-state index contributed by atoms with van der Waals surface area (Å²) in [6.45, 7) is 6.99. The van der Waals surface area contributed by atoms with Gasteiger partial charge in [-0.25, -0.2) is 4.79 Å². The lowest BCUT2D eigenvalue weighted by atomic mass is 10.2. The molecule has 2 heterocycles. The molecule has 82 valence electrons. The Morgan fingerprint density at radius 3 is 2.87 bits per heavy atom. The normalized spacial score (nSPS) is 19.8. The average Bonchev–Trinajstić information content (AvgIpc) is 2.41. The van der Waals surface area contributed by atoms with Gasteiger partial charge in [-0.1, -0.05) is 11.6 Å². The zero-order valence-corrected chi connectivity index (χ0v) is 9.82. The van der Waals surface area contributed by atoms with E-state index in [1.807, 2.05) is 0 Å². The van der Waals surface area contributed by atoms with Crippen molar-refractivity contribution in [3.63, 3.8) is 0 Å². The number of fused-ring (bicyclic) bond motifs is 1. The van der Waals surface area contributed by atoms with E-state index in [9.17, 15) is 4.79 Å². The second-order valence-corrected chi connectivity index (χ2v) is 4.57. The number of anilines is 1. The van der Waals surface area contributed by atoms with Crippen molar-refractivity contribution < 1.29 is 0 Å². The van der Waals surface area contributed by atoms with Crippen molar-refractivity contribution in [1.82, 2.24) is 9.55 Å². The van der Waals surface area contributed by atoms with Crippen LogP contribution >= 0.6 is 11.6 Å². The molecule has 2 rings (SSSR count). The molecule has 5 heteroatoms. The summed E-state index contributed by atoms with van der Waals surface area (Å²) < 4.78 is 1.68. The predicted molar refractivity (Wildman–Crippen MR) is 60.6 cm³/mol. The first-order valence-corrected chi connectivity index (χ1v) is 5.44. The van der Waals surface area contributed by atoms with Gasteiger partial charge in [0.1, 0.15) is 11.0 Å². The van der Waals surface area contributed by atoms with Crippen LogP contribution in [0, 0.1) is 0 Å². The van der Waals surface area contributed by atoms with E-state index in [0.717, 1.165) is 5.82 Å². The molecule has 15 heavy (non-hydrogen) atoms. The van der Waals surface area contributed by atoms with Crippen LogP contribution in [-0.2, 0) is 6.54 Å². The first-order valence-electron chi connectivity index (χ1n) is 5.06. The minimum Gasteiger partial charge on any atom is -0.351 e. The number of halogens is 1. The van der Waals surface area contributed by atoms with Crippen LogP contribution in [0.5, 0.6) is 0 Å². The van der Waals surface area contributed by atoms with Crippen molar-refractivity contribution >= 4 is 17.4 Å². The SMILES string of the molecule is CC(C)N1c2cc(Cl)nc(=O)n2CC1C. The lowest BCUT2D eigenvalue weighted by molar-refractivity contribution is 0.574. The van der Waals surface area contributed by atoms with E-state index >= 15 is 0 Å². The topological polar surface area (TPSA) is 38.1 Å². The molecule has 0 saturated carbocycles. The standard InChI is InChI=1S/C10H14ClN3O/c1-6(2)14-7(3)5-13-9(14)4-8(11)12-10(13)15/h4,6-7H,5H2,1-3H3. The number of nitrogens with zero attached hydrogens (tertiary/aromatic N) is 3. The molecule has 1 aliphatic rings. The smallest absolute Gasteiger partial charge is 0.350 e. The van der Waals surface area contributed by atoms with Gasteiger partial charge in [-0.05, 0) is 20.8 Å². The van der Waals surface area contributed by atoms with E-state index in [1.165, 1.54) is 0 Å². The second-order valence-electron chi connectivity index (χ2n) is 4.18. The summed E-state index contributed by atoms with van der Waals surface area (Å²) in [5, 5.41) is 0.269. The molecule has 1 aromatic rings. The molecule has 1 atom stereocenters. The van der Waals surface area contributed by atoms with Gasteiger partial charge in [0.2, 0.25) is 0 Å². The van der Waals surface area contributed by atoms with Gasteiger partial charge in [0.05, 0.1) is 0 Å². The summed E-state index contributed by atoms with van der Waals surface area (Å²) in [6, 6.07) is 2.43. The highest BCUT2D eigenvalue weighted by Crippen LogP contribution is 2.27. The fourth-order valence-corrected chi connectivity index (χ4v) is 2.37. The lowest BCUT2D eigenvalue weighted by Crippen LogP contribution is -2.35. The Balaban J connectivity index is 2.58. The number of hydrogen-bond donors (Lipinski definition) is 0. The van der Waals surface area contributed by atoms with Crippen LogP contribution in [0.3, 0.4) is 0 Å². The van der Waals surface area contributed by atoms with E-state index in [4.69, 9.17) is 11.6 Å². The minimum atomic E-state index is -0.257. The van der Waals surface area contributed by atoms with Crippen LogP contribution in [-0.4, -0.2) is 21.6 Å². The van der Waals surface area contributed by atoms with E-state index in [-0.39, 0.29) is 10.8 Å². The summed E-state index contributed by atoms with van der Waals surface area (Å²) in [4.78, 5) is 17.5. The first kappa shape index (κ1) is 10.5. The summed E-state index contributed by atoms with van der Waals surface area (Å²) >= 11 is 5.80. The van der Waals surface area contributed by atoms with Crippen LogP contribution < -0.4 is 10.6 Å². The highest BCUT2D eigenvalue weighted by atomic mass is 35.5. The van der Waals surface area contributed by atoms with Crippen molar-refractivity contribution in [2.75, 3.05) is 4.90 Å². The van der Waals surface area contributed by atoms with Crippen molar-refractivity contribution in [1.29, 1.82) is 0 Å². The average molecular weight is 228 g/mol. The van der Waals surface area contributed by atoms with Gasteiger partial charge >= 0.3 is 5.69 Å². The molecule has 0 aliphatic carbocycles. The fourth-order valence-electron chi connectivity index (χ4n) is 2.20. The van der Waals surface area contributed by atoms with Crippen molar-refractivity contribution in [3.8, 4) is 0 Å². The molecule has 0 radical (unpaired) electrons. The van der Waals surface area contributed by atoms with Crippen molar-refractivity contribution in [2.45, 2.75) is 39.4 Å². The lowest BCUT2D eigenvalue weighted by Gasteiger charge is -2.27. The summed E-state index contributed by atoms with van der Waals surface area (Å²) in [7, 11) is 0. The van der Waals surface area contributed by atoms with E-state index in [1.54, 1.807) is 10.6 Å². The van der Waals surface area contributed by atoms with Gasteiger partial charge in [-0.3, -0.25) is 4.57 Å². The zero-order valence-electron chi connectivity index (χ0n) is 9.07. The minimum absolute atomic E-state index is 0.257. The maximum atomic E-state index is 11.6. The van der Waals surface area contributed by atoms with Crippen molar-refractivity contribution in [2.24, 2.45) is 0 Å². The van der Waals surface area contributed by atoms with E-state index in [0.29, 0.717) is 18.6 Å². The molecule has 1 unspecified atom stereocenters. The molecular formula is C10H14ClN3O. The van der Waals surface area contributed by atoms with Crippen LogP contribution in [0.25, 0.3) is 0 Å². The Bertz CT molecular complexity index is 441. The fraction of sp³-hybridized carbons (Fsp3) is 0.600. The van der Waals surface area contributed by atoms with Crippen LogP contribution in [0.2, 0.25) is 5.15 Å². The number of aromatic nitrogens is 2. The van der Waals surface area contributed by atoms with Gasteiger partial charge in [0.25, 0.3) is 0 Å². The molecule has 0 amide bonds. The van der Waals surface area contributed by atoms with Crippen LogP contribution in [0.15, 0.2) is 10.9 Å². The maximum absolute atomic E-state index is 11.6. The van der Waals surface area contributed by atoms with Gasteiger partial charge in [-0.15, -0.1) is 0 Å². The highest BCUT2D eigenvalue weighted by molar-refractivity contribution is 6.29. The maximum Gasteiger partial charge on any atom is 0.350 e. The molecule has 0 fully saturated rings. The molecule has 0 saturated heterocycles. The summed E-state index contributed by atoms with van der Waals surface area (Å²) in [6.07, 6.45) is 0. The molecule has 0 aromatic carbocycles. The molecule has 0 N–H and O–H groups in total. The van der Waals surface area contributed by atoms with E-state index < -0.39 is 0 Å². The zero-order chi connectivity index (χ0) is 11.2. The number of rotatable bonds is 1.